The Kier molecular flexibility index (Phi) is 6.45. The van der Waals surface area contributed by atoms with Gasteiger partial charge in [0.2, 0.25) is 0 Å². The summed E-state index contributed by atoms with van der Waals surface area (Å²) in [4.78, 5) is 13.5. The third-order valence-corrected chi connectivity index (χ3v) is 11.8. The molecule has 1 amide bonds. The molecule has 0 bridgehead atoms. The van der Waals surface area contributed by atoms with Gasteiger partial charge >= 0.3 is 6.09 Å². The quantitative estimate of drug-likeness (QED) is 0.656. The summed E-state index contributed by atoms with van der Waals surface area (Å²) < 4.78 is 6.72. The number of amides is 1. The van der Waals surface area contributed by atoms with Crippen molar-refractivity contribution in [1.29, 1.82) is 0 Å². The normalized spacial score (nSPS) is 32.3. The van der Waals surface area contributed by atoms with Crippen LogP contribution in [0.25, 0.3) is 0 Å². The van der Waals surface area contributed by atoms with Crippen molar-refractivity contribution in [3.63, 3.8) is 0 Å². The fourth-order valence-electron chi connectivity index (χ4n) is 5.02. The Hall–Kier alpha value is -0.593. The molecule has 0 spiro atoms. The van der Waals surface area contributed by atoms with Gasteiger partial charge in [-0.3, -0.25) is 0 Å². The van der Waals surface area contributed by atoms with Crippen LogP contribution in [0, 0.1) is 17.8 Å². The van der Waals surface area contributed by atoms with E-state index in [1.807, 2.05) is 20.8 Å². The van der Waals surface area contributed by atoms with E-state index >= 15 is 0 Å². The van der Waals surface area contributed by atoms with Gasteiger partial charge in [0.15, 0.2) is 8.32 Å². The molecular formula is C21H41NO4Si. The van der Waals surface area contributed by atoms with Crippen molar-refractivity contribution in [2.75, 3.05) is 6.61 Å². The van der Waals surface area contributed by atoms with Crippen LogP contribution in [0.15, 0.2) is 0 Å². The van der Waals surface area contributed by atoms with Gasteiger partial charge in [0.25, 0.3) is 0 Å². The fraction of sp³-hybridized carbons (Fsp3) is 0.952. The van der Waals surface area contributed by atoms with Crippen molar-refractivity contribution in [3.05, 3.63) is 0 Å². The smallest absolute Gasteiger partial charge is 0.407 e. The van der Waals surface area contributed by atoms with Crippen molar-refractivity contribution in [2.45, 2.75) is 103 Å². The third kappa shape index (κ3) is 4.70. The van der Waals surface area contributed by atoms with Crippen LogP contribution in [0.4, 0.5) is 4.79 Å². The molecule has 5 nitrogen and oxygen atoms in total. The fourth-order valence-corrected chi connectivity index (χ4v) is 6.40. The Labute approximate surface area is 166 Å². The van der Waals surface area contributed by atoms with E-state index in [1.54, 1.807) is 4.90 Å². The predicted molar refractivity (Wildman–Crippen MR) is 111 cm³/mol. The van der Waals surface area contributed by atoms with Crippen LogP contribution >= 0.6 is 0 Å². The highest BCUT2D eigenvalue weighted by Crippen LogP contribution is 2.50. The number of hydrogen-bond acceptors (Lipinski definition) is 3. The Balaban J connectivity index is 2.15. The SMILES string of the molecule is CC(C)(C)N(C(=O)O)C1CC[C@@H]2[C@H](C1)C[C@@H](O[Si](C)(C)C(C)(C)C)[C@@H]2CO. The maximum atomic E-state index is 11.9. The van der Waals surface area contributed by atoms with Crippen LogP contribution in [0.2, 0.25) is 18.1 Å². The molecule has 27 heavy (non-hydrogen) atoms. The zero-order chi connectivity index (χ0) is 20.8. The van der Waals surface area contributed by atoms with Crippen molar-refractivity contribution in [3.8, 4) is 0 Å². The zero-order valence-corrected chi connectivity index (χ0v) is 19.6. The number of nitrogens with zero attached hydrogens (tertiary/aromatic N) is 1. The second kappa shape index (κ2) is 7.67. The van der Waals surface area contributed by atoms with Crippen LogP contribution in [-0.4, -0.2) is 53.8 Å². The first kappa shape index (κ1) is 22.7. The van der Waals surface area contributed by atoms with E-state index in [0.717, 1.165) is 25.7 Å². The van der Waals surface area contributed by atoms with Crippen molar-refractivity contribution < 1.29 is 19.4 Å². The van der Waals surface area contributed by atoms with Crippen molar-refractivity contribution in [1.82, 2.24) is 4.90 Å². The summed E-state index contributed by atoms with van der Waals surface area (Å²) in [6.45, 7) is 17.4. The van der Waals surface area contributed by atoms with Crippen LogP contribution in [-0.2, 0) is 4.43 Å². The highest BCUT2D eigenvalue weighted by molar-refractivity contribution is 6.74. The average Bonchev–Trinajstić information content (AvgIpc) is 2.79. The summed E-state index contributed by atoms with van der Waals surface area (Å²) in [5, 5.41) is 20.0. The molecule has 0 aliphatic heterocycles. The minimum atomic E-state index is -1.89. The van der Waals surface area contributed by atoms with E-state index in [4.69, 9.17) is 4.43 Å². The van der Waals surface area contributed by atoms with Gasteiger partial charge in [0, 0.05) is 24.1 Å². The minimum Gasteiger partial charge on any atom is -0.465 e. The largest absolute Gasteiger partial charge is 0.465 e. The predicted octanol–water partition coefficient (Wildman–Crippen LogP) is 4.95. The Bertz CT molecular complexity index is 537. The lowest BCUT2D eigenvalue weighted by atomic mass is 9.75. The maximum absolute atomic E-state index is 11.9. The Morgan fingerprint density at radius 3 is 2.15 bits per heavy atom. The highest BCUT2D eigenvalue weighted by atomic mass is 28.4. The number of aliphatic hydroxyl groups excluding tert-OH is 1. The highest BCUT2D eigenvalue weighted by Gasteiger charge is 2.51. The van der Waals surface area contributed by atoms with Gasteiger partial charge in [0.05, 0.1) is 6.10 Å². The van der Waals surface area contributed by atoms with Gasteiger partial charge < -0.3 is 19.5 Å². The summed E-state index contributed by atoms with van der Waals surface area (Å²) in [6, 6.07) is 0.0646. The standard InChI is InChI=1S/C21H41NO4Si/c1-20(2,3)22(19(24)25)15-9-10-16-14(11-15)12-18(17(16)13-23)26-27(7,8)21(4,5)6/h14-18,23H,9-13H2,1-8H3,(H,24,25)/t14-,15?,16-,17-,18-/m1/s1. The molecule has 6 heteroatoms. The molecule has 0 saturated heterocycles. The van der Waals surface area contributed by atoms with Gasteiger partial charge in [-0.05, 0) is 76.4 Å². The molecule has 0 radical (unpaired) electrons. The van der Waals surface area contributed by atoms with Crippen LogP contribution in [0.3, 0.4) is 0 Å². The summed E-state index contributed by atoms with van der Waals surface area (Å²) in [7, 11) is -1.89. The first-order valence-electron chi connectivity index (χ1n) is 10.5. The lowest BCUT2D eigenvalue weighted by molar-refractivity contribution is 0.0283. The zero-order valence-electron chi connectivity index (χ0n) is 18.6. The maximum Gasteiger partial charge on any atom is 0.407 e. The van der Waals surface area contributed by atoms with Gasteiger partial charge in [-0.2, -0.15) is 0 Å². The van der Waals surface area contributed by atoms with E-state index in [-0.39, 0.29) is 29.7 Å². The van der Waals surface area contributed by atoms with E-state index < -0.39 is 19.9 Å². The molecule has 2 rings (SSSR count). The third-order valence-electron chi connectivity index (χ3n) is 7.33. The molecule has 0 aromatic rings. The molecule has 0 heterocycles. The lowest BCUT2D eigenvalue weighted by Crippen LogP contribution is -2.53. The number of aliphatic hydroxyl groups is 1. The molecule has 1 unspecified atom stereocenters. The minimum absolute atomic E-state index is 0.0646. The van der Waals surface area contributed by atoms with Crippen molar-refractivity contribution >= 4 is 14.4 Å². The molecule has 158 valence electrons. The van der Waals surface area contributed by atoms with Crippen molar-refractivity contribution in [2.24, 2.45) is 17.8 Å². The molecular weight excluding hydrogens is 358 g/mol. The Morgan fingerprint density at radius 1 is 1.11 bits per heavy atom. The van der Waals surface area contributed by atoms with Crippen LogP contribution in [0.1, 0.15) is 67.2 Å². The monoisotopic (exact) mass is 399 g/mol. The average molecular weight is 400 g/mol. The van der Waals surface area contributed by atoms with Crippen LogP contribution in [0.5, 0.6) is 0 Å². The number of carbonyl (C=O) groups is 1. The lowest BCUT2D eigenvalue weighted by Gasteiger charge is -2.44. The van der Waals surface area contributed by atoms with Gasteiger partial charge in [0.1, 0.15) is 0 Å². The molecule has 0 aromatic carbocycles. The van der Waals surface area contributed by atoms with Gasteiger partial charge in [-0.25, -0.2) is 4.79 Å². The number of rotatable bonds is 4. The molecule has 2 saturated carbocycles. The first-order chi connectivity index (χ1) is 12.2. The number of hydrogen-bond donors (Lipinski definition) is 2. The van der Waals surface area contributed by atoms with Crippen LogP contribution < -0.4 is 0 Å². The van der Waals surface area contributed by atoms with E-state index in [9.17, 15) is 15.0 Å². The van der Waals surface area contributed by atoms with E-state index in [0.29, 0.717) is 11.8 Å². The number of fused-ring (bicyclic) bond motifs is 1. The van der Waals surface area contributed by atoms with E-state index in [2.05, 4.69) is 33.9 Å². The van der Waals surface area contributed by atoms with Gasteiger partial charge in [-0.15, -0.1) is 0 Å². The topological polar surface area (TPSA) is 70.0 Å². The molecule has 2 fully saturated rings. The summed E-state index contributed by atoms with van der Waals surface area (Å²) in [5.41, 5.74) is -0.393. The molecule has 5 atom stereocenters. The summed E-state index contributed by atoms with van der Waals surface area (Å²) >= 11 is 0. The first-order valence-corrected chi connectivity index (χ1v) is 13.4. The molecule has 2 aliphatic rings. The number of carboxylic acid groups (broad SMARTS) is 1. The summed E-state index contributed by atoms with van der Waals surface area (Å²) in [5.74, 6) is 1.09. The second-order valence-corrected chi connectivity index (χ2v) is 16.0. The molecule has 0 aromatic heterocycles. The Morgan fingerprint density at radius 2 is 1.70 bits per heavy atom. The second-order valence-electron chi connectivity index (χ2n) is 11.2. The van der Waals surface area contributed by atoms with E-state index in [1.165, 1.54) is 0 Å². The summed E-state index contributed by atoms with van der Waals surface area (Å²) in [6.07, 6.45) is 3.00. The molecule has 2 N–H and O–H groups in total. The van der Waals surface area contributed by atoms with Gasteiger partial charge in [-0.1, -0.05) is 20.8 Å². The molecule has 2 aliphatic carbocycles.